The number of hydrogen-bond donors (Lipinski definition) is 2. The van der Waals surface area contributed by atoms with Gasteiger partial charge in [0.25, 0.3) is 5.52 Å². The molecule has 0 radical (unpaired) electrons. The first-order valence-electron chi connectivity index (χ1n) is 6.03. The molecule has 112 valence electrons. The first kappa shape index (κ1) is 15.0. The summed E-state index contributed by atoms with van der Waals surface area (Å²) in [5.41, 5.74) is -0.504. The summed E-state index contributed by atoms with van der Waals surface area (Å²) < 4.78 is 24.9. The molecule has 21 heavy (non-hydrogen) atoms. The van der Waals surface area contributed by atoms with Crippen molar-refractivity contribution in [1.82, 2.24) is 4.98 Å². The van der Waals surface area contributed by atoms with Crippen LogP contribution >= 0.6 is 0 Å². The highest BCUT2D eigenvalue weighted by Crippen LogP contribution is 2.31. The highest BCUT2D eigenvalue weighted by molar-refractivity contribution is 7.92. The number of carboxylic acid groups (broad SMARTS) is 1. The zero-order chi connectivity index (χ0) is 15.8. The number of pyridine rings is 2. The molecule has 0 bridgehead atoms. The van der Waals surface area contributed by atoms with Crippen LogP contribution in [0.5, 0.6) is 5.75 Å². The number of nitrogens with zero attached hydrogens (tertiary/aromatic N) is 2. The molecule has 0 aliphatic heterocycles. The van der Waals surface area contributed by atoms with Crippen LogP contribution in [0.25, 0.3) is 10.9 Å². The molecule has 0 saturated carbocycles. The zero-order valence-electron chi connectivity index (χ0n) is 11.4. The number of sulfonamides is 1. The second-order valence-electron chi connectivity index (χ2n) is 4.26. The van der Waals surface area contributed by atoms with Gasteiger partial charge >= 0.3 is 5.97 Å². The number of anilines is 1. The van der Waals surface area contributed by atoms with E-state index in [0.717, 1.165) is 4.31 Å². The van der Waals surface area contributed by atoms with Crippen molar-refractivity contribution in [1.29, 1.82) is 0 Å². The summed E-state index contributed by atoms with van der Waals surface area (Å²) in [5, 5.41) is 19.3. The summed E-state index contributed by atoms with van der Waals surface area (Å²) in [7, 11) is -2.33. The Balaban J connectivity index is 2.86. The minimum Gasteiger partial charge on any atom is -0.501 e. The quantitative estimate of drug-likeness (QED) is 0.834. The minimum atomic E-state index is -3.62. The summed E-state index contributed by atoms with van der Waals surface area (Å²) in [4.78, 5) is 17.7. The number of aromatic carboxylic acids is 1. The molecule has 0 spiro atoms. The Morgan fingerprint density at radius 1 is 1.48 bits per heavy atom. The van der Waals surface area contributed by atoms with E-state index in [1.165, 1.54) is 20.2 Å². The van der Waals surface area contributed by atoms with Gasteiger partial charge in [-0.25, -0.2) is 23.2 Å². The van der Waals surface area contributed by atoms with Crippen molar-refractivity contribution >= 4 is 32.7 Å². The van der Waals surface area contributed by atoms with E-state index >= 15 is 0 Å². The molecule has 0 aliphatic carbocycles. The number of carboxylic acids is 1. The number of aromatic hydroxyl groups is 1. The Hall–Kier alpha value is -2.42. The van der Waals surface area contributed by atoms with Gasteiger partial charge in [0.2, 0.25) is 15.8 Å². The number of H-pyrrole nitrogens is 1. The summed E-state index contributed by atoms with van der Waals surface area (Å²) in [5.74, 6) is -2.20. The molecule has 0 unspecified atom stereocenters. The van der Waals surface area contributed by atoms with Crippen LogP contribution in [0.4, 0.5) is 5.82 Å². The third kappa shape index (κ3) is 2.47. The molecular weight excluding hydrogens is 298 g/mol. The molecule has 0 atom stereocenters. The molecule has 0 aliphatic rings. The van der Waals surface area contributed by atoms with Crippen molar-refractivity contribution in [3.05, 3.63) is 24.0 Å². The molecule has 2 rings (SSSR count). The van der Waals surface area contributed by atoms with Gasteiger partial charge in [0, 0.05) is 13.1 Å². The number of nitrogens with one attached hydrogen (secondary N) is 1. The van der Waals surface area contributed by atoms with Gasteiger partial charge in [-0.1, -0.05) is 0 Å². The molecule has 2 aromatic heterocycles. The Morgan fingerprint density at radius 3 is 2.71 bits per heavy atom. The lowest BCUT2D eigenvalue weighted by atomic mass is 10.2. The molecule has 2 aromatic rings. The van der Waals surface area contributed by atoms with Crippen molar-refractivity contribution in [3.8, 4) is 5.75 Å². The molecule has 0 fully saturated rings. The molecule has 3 N–H and O–H groups in total. The van der Waals surface area contributed by atoms with Gasteiger partial charge in [-0.3, -0.25) is 4.31 Å². The van der Waals surface area contributed by atoms with E-state index < -0.39 is 27.4 Å². The van der Waals surface area contributed by atoms with Crippen molar-refractivity contribution in [2.45, 2.75) is 6.92 Å². The molecule has 0 amide bonds. The maximum absolute atomic E-state index is 12.0. The summed E-state index contributed by atoms with van der Waals surface area (Å²) in [6, 6.07) is 3.14. The average Bonchev–Trinajstić information content (AvgIpc) is 2.47. The first-order chi connectivity index (χ1) is 9.79. The third-order valence-electron chi connectivity index (χ3n) is 3.06. The largest absolute Gasteiger partial charge is 0.501 e. The van der Waals surface area contributed by atoms with Crippen molar-refractivity contribution in [2.75, 3.05) is 17.1 Å². The van der Waals surface area contributed by atoms with Gasteiger partial charge < -0.3 is 10.2 Å². The highest BCUT2D eigenvalue weighted by Gasteiger charge is 2.27. The van der Waals surface area contributed by atoms with E-state index in [4.69, 9.17) is 5.11 Å². The van der Waals surface area contributed by atoms with Crippen LogP contribution in [0.1, 0.15) is 17.4 Å². The molecule has 0 saturated heterocycles. The molecule has 2 heterocycles. The van der Waals surface area contributed by atoms with Crippen LogP contribution in [-0.2, 0) is 10.0 Å². The molecule has 9 heteroatoms. The van der Waals surface area contributed by atoms with Crippen LogP contribution in [0.15, 0.2) is 18.3 Å². The number of aromatic amines is 1. The monoisotopic (exact) mass is 312 g/mol. The average molecular weight is 312 g/mol. The second kappa shape index (κ2) is 5.17. The van der Waals surface area contributed by atoms with Crippen molar-refractivity contribution in [2.24, 2.45) is 0 Å². The summed E-state index contributed by atoms with van der Waals surface area (Å²) in [6.07, 6.45) is 1.49. The smallest absolute Gasteiger partial charge is 0.358 e. The van der Waals surface area contributed by atoms with Crippen LogP contribution in [-0.4, -0.2) is 42.4 Å². The lowest BCUT2D eigenvalue weighted by Gasteiger charge is -2.18. The van der Waals surface area contributed by atoms with Gasteiger partial charge in [0.1, 0.15) is 0 Å². The maximum atomic E-state index is 12.0. The van der Waals surface area contributed by atoms with Gasteiger partial charge in [0.15, 0.2) is 17.7 Å². The summed E-state index contributed by atoms with van der Waals surface area (Å²) in [6.45, 7) is 1.47. The zero-order valence-corrected chi connectivity index (χ0v) is 12.2. The minimum absolute atomic E-state index is 0.0566. The Kier molecular flexibility index (Phi) is 3.69. The van der Waals surface area contributed by atoms with Gasteiger partial charge in [-0.05, 0) is 13.0 Å². The fourth-order valence-electron chi connectivity index (χ4n) is 1.87. The van der Waals surface area contributed by atoms with E-state index in [2.05, 4.69) is 9.97 Å². The van der Waals surface area contributed by atoms with E-state index in [-0.39, 0.29) is 17.1 Å². The Morgan fingerprint density at radius 2 is 2.14 bits per heavy atom. The fourth-order valence-corrected chi connectivity index (χ4v) is 2.66. The van der Waals surface area contributed by atoms with E-state index in [0.29, 0.717) is 5.39 Å². The molecule has 8 nitrogen and oxygen atoms in total. The lowest BCUT2D eigenvalue weighted by Crippen LogP contribution is -2.29. The predicted molar refractivity (Wildman–Crippen MR) is 74.8 cm³/mol. The van der Waals surface area contributed by atoms with E-state index in [1.54, 1.807) is 12.1 Å². The summed E-state index contributed by atoms with van der Waals surface area (Å²) >= 11 is 0. The number of hydrogen-bond acceptors (Lipinski definition) is 5. The second-order valence-corrected chi connectivity index (χ2v) is 6.55. The van der Waals surface area contributed by atoms with Crippen LogP contribution in [0.3, 0.4) is 0 Å². The van der Waals surface area contributed by atoms with Gasteiger partial charge in [-0.15, -0.1) is 0 Å². The Labute approximate surface area is 120 Å². The standard InChI is InChI=1S/C12H13N3O5S/c1-3-21(19,20)15(2)11-7-5-4-6-13-8(7)10(16)9(14-11)12(17)18/h4-6,16H,3H2,1-2H3,(H,17,18)/p+1. The topological polar surface area (TPSA) is 122 Å². The fraction of sp³-hybridized carbons (Fsp3) is 0.250. The maximum Gasteiger partial charge on any atom is 0.358 e. The number of fused-ring (bicyclic) bond motifs is 1. The number of rotatable bonds is 4. The van der Waals surface area contributed by atoms with E-state index in [9.17, 15) is 18.3 Å². The third-order valence-corrected chi connectivity index (χ3v) is 4.80. The SMILES string of the molecule is CCS(=O)(=O)N(C)c1nc(C(=O)O)c(O)c2[nH+]cccc12. The molecular formula is C12H14N3O5S+. The van der Waals surface area contributed by atoms with Crippen molar-refractivity contribution in [3.63, 3.8) is 0 Å². The van der Waals surface area contributed by atoms with Crippen molar-refractivity contribution < 1.29 is 28.4 Å². The van der Waals surface area contributed by atoms with Crippen LogP contribution in [0, 0.1) is 0 Å². The lowest BCUT2D eigenvalue weighted by molar-refractivity contribution is -0.345. The van der Waals surface area contributed by atoms with Gasteiger partial charge in [0.05, 0.1) is 11.1 Å². The number of aromatic nitrogens is 2. The normalized spacial score (nSPS) is 11.5. The first-order valence-corrected chi connectivity index (χ1v) is 7.63. The van der Waals surface area contributed by atoms with Crippen LogP contribution in [0.2, 0.25) is 0 Å². The van der Waals surface area contributed by atoms with Crippen LogP contribution < -0.4 is 9.29 Å². The predicted octanol–water partition coefficient (Wildman–Crippen LogP) is 0.239. The molecule has 0 aromatic carbocycles. The van der Waals surface area contributed by atoms with E-state index in [1.807, 2.05) is 0 Å². The highest BCUT2D eigenvalue weighted by atomic mass is 32.2. The number of carbonyl (C=O) groups is 1. The Bertz CT molecular complexity index is 819. The van der Waals surface area contributed by atoms with Gasteiger partial charge in [-0.2, -0.15) is 0 Å².